The number of amides is 1. The highest BCUT2D eigenvalue weighted by Crippen LogP contribution is 2.23. The average molecular weight is 263 g/mol. The standard InChI is InChI=1S/C15H25N3O/c1-9(2)13(14-10(3)7-6-8-17-14)18-15(19)11(4)12(5)16/h6-9,11-13H,16H2,1-5H3,(H,18,19). The Kier molecular flexibility index (Phi) is 5.48. The largest absolute Gasteiger partial charge is 0.347 e. The Labute approximate surface area is 115 Å². The second-order valence-electron chi connectivity index (χ2n) is 5.58. The van der Waals surface area contributed by atoms with Crippen molar-refractivity contribution >= 4 is 5.91 Å². The van der Waals surface area contributed by atoms with Gasteiger partial charge in [-0.15, -0.1) is 0 Å². The zero-order chi connectivity index (χ0) is 14.6. The number of aryl methyl sites for hydroxylation is 1. The van der Waals surface area contributed by atoms with Gasteiger partial charge in [0.25, 0.3) is 0 Å². The van der Waals surface area contributed by atoms with Crippen LogP contribution in [0.5, 0.6) is 0 Å². The summed E-state index contributed by atoms with van der Waals surface area (Å²) in [6, 6.07) is 3.69. The van der Waals surface area contributed by atoms with Gasteiger partial charge < -0.3 is 11.1 Å². The quantitative estimate of drug-likeness (QED) is 0.855. The third-order valence-electron chi connectivity index (χ3n) is 3.51. The first-order chi connectivity index (χ1) is 8.84. The molecule has 4 nitrogen and oxygen atoms in total. The lowest BCUT2D eigenvalue weighted by atomic mass is 9.95. The molecule has 0 aliphatic rings. The number of pyridine rings is 1. The van der Waals surface area contributed by atoms with Crippen LogP contribution in [-0.2, 0) is 4.79 Å². The Morgan fingerprint density at radius 1 is 1.32 bits per heavy atom. The first-order valence-electron chi connectivity index (χ1n) is 6.82. The summed E-state index contributed by atoms with van der Waals surface area (Å²) in [6.07, 6.45) is 1.76. The molecule has 1 aromatic heterocycles. The second-order valence-corrected chi connectivity index (χ2v) is 5.58. The number of aromatic nitrogens is 1. The van der Waals surface area contributed by atoms with E-state index in [2.05, 4.69) is 24.1 Å². The first kappa shape index (κ1) is 15.6. The molecule has 0 bridgehead atoms. The van der Waals surface area contributed by atoms with Crippen molar-refractivity contribution in [2.75, 3.05) is 0 Å². The van der Waals surface area contributed by atoms with E-state index in [4.69, 9.17) is 5.73 Å². The Balaban J connectivity index is 2.92. The topological polar surface area (TPSA) is 68.0 Å². The third-order valence-corrected chi connectivity index (χ3v) is 3.51. The lowest BCUT2D eigenvalue weighted by Gasteiger charge is -2.26. The number of carbonyl (C=O) groups is 1. The molecule has 0 spiro atoms. The van der Waals surface area contributed by atoms with Crippen LogP contribution in [0.2, 0.25) is 0 Å². The van der Waals surface area contributed by atoms with Crippen LogP contribution in [-0.4, -0.2) is 16.9 Å². The molecule has 1 heterocycles. The fourth-order valence-corrected chi connectivity index (χ4v) is 1.90. The first-order valence-corrected chi connectivity index (χ1v) is 6.82. The van der Waals surface area contributed by atoms with Crippen LogP contribution in [0.1, 0.15) is 45.0 Å². The summed E-state index contributed by atoms with van der Waals surface area (Å²) in [5.74, 6) is 0.0573. The van der Waals surface area contributed by atoms with Crippen LogP contribution in [0.3, 0.4) is 0 Å². The number of hydrogen-bond donors (Lipinski definition) is 2. The zero-order valence-corrected chi connectivity index (χ0v) is 12.5. The van der Waals surface area contributed by atoms with E-state index >= 15 is 0 Å². The molecular formula is C15H25N3O. The molecule has 0 aliphatic heterocycles. The van der Waals surface area contributed by atoms with Gasteiger partial charge in [0.1, 0.15) is 0 Å². The maximum atomic E-state index is 12.2. The smallest absolute Gasteiger partial charge is 0.224 e. The lowest BCUT2D eigenvalue weighted by molar-refractivity contribution is -0.126. The van der Waals surface area contributed by atoms with Gasteiger partial charge in [-0.1, -0.05) is 26.8 Å². The summed E-state index contributed by atoms with van der Waals surface area (Å²) in [7, 11) is 0. The molecule has 1 amide bonds. The molecule has 3 atom stereocenters. The van der Waals surface area contributed by atoms with Gasteiger partial charge in [0.15, 0.2) is 0 Å². The van der Waals surface area contributed by atoms with Gasteiger partial charge in [-0.3, -0.25) is 9.78 Å². The lowest BCUT2D eigenvalue weighted by Crippen LogP contribution is -2.41. The van der Waals surface area contributed by atoms with Gasteiger partial charge >= 0.3 is 0 Å². The molecule has 0 saturated carbocycles. The number of nitrogens with one attached hydrogen (secondary N) is 1. The van der Waals surface area contributed by atoms with Crippen LogP contribution >= 0.6 is 0 Å². The summed E-state index contributed by atoms with van der Waals surface area (Å²) in [6.45, 7) is 9.87. The molecule has 0 saturated heterocycles. The number of hydrogen-bond acceptors (Lipinski definition) is 3. The molecule has 106 valence electrons. The highest BCUT2D eigenvalue weighted by atomic mass is 16.2. The molecule has 0 aromatic carbocycles. The maximum Gasteiger partial charge on any atom is 0.224 e. The molecule has 3 unspecified atom stereocenters. The van der Waals surface area contributed by atoms with Gasteiger partial charge in [0, 0.05) is 18.2 Å². The van der Waals surface area contributed by atoms with E-state index in [1.165, 1.54) is 0 Å². The Hall–Kier alpha value is -1.42. The number of carbonyl (C=O) groups excluding carboxylic acids is 1. The predicted molar refractivity (Wildman–Crippen MR) is 77.5 cm³/mol. The van der Waals surface area contributed by atoms with Crippen molar-refractivity contribution in [1.82, 2.24) is 10.3 Å². The van der Waals surface area contributed by atoms with E-state index in [0.717, 1.165) is 11.3 Å². The van der Waals surface area contributed by atoms with Crippen LogP contribution in [0.4, 0.5) is 0 Å². The van der Waals surface area contributed by atoms with E-state index in [1.54, 1.807) is 6.20 Å². The van der Waals surface area contributed by atoms with E-state index < -0.39 is 0 Å². The fraction of sp³-hybridized carbons (Fsp3) is 0.600. The van der Waals surface area contributed by atoms with Crippen LogP contribution in [0.25, 0.3) is 0 Å². The number of rotatable bonds is 5. The molecule has 19 heavy (non-hydrogen) atoms. The van der Waals surface area contributed by atoms with E-state index in [9.17, 15) is 4.79 Å². The van der Waals surface area contributed by atoms with Crippen molar-refractivity contribution < 1.29 is 4.79 Å². The van der Waals surface area contributed by atoms with Crippen molar-refractivity contribution in [3.8, 4) is 0 Å². The van der Waals surface area contributed by atoms with Crippen LogP contribution in [0.15, 0.2) is 18.3 Å². The maximum absolute atomic E-state index is 12.2. The highest BCUT2D eigenvalue weighted by Gasteiger charge is 2.25. The van der Waals surface area contributed by atoms with Gasteiger partial charge in [-0.05, 0) is 31.4 Å². The molecule has 1 rings (SSSR count). The Bertz CT molecular complexity index is 429. The van der Waals surface area contributed by atoms with Gasteiger partial charge in [0.05, 0.1) is 11.7 Å². The monoisotopic (exact) mass is 263 g/mol. The van der Waals surface area contributed by atoms with Crippen molar-refractivity contribution in [1.29, 1.82) is 0 Å². The van der Waals surface area contributed by atoms with Gasteiger partial charge in [-0.25, -0.2) is 0 Å². The average Bonchev–Trinajstić information content (AvgIpc) is 2.35. The molecule has 1 aromatic rings. The minimum atomic E-state index is -0.203. The van der Waals surface area contributed by atoms with Crippen LogP contribution in [0, 0.1) is 18.8 Å². The second kappa shape index (κ2) is 6.66. The number of nitrogens with two attached hydrogens (primary N) is 1. The fourth-order valence-electron chi connectivity index (χ4n) is 1.90. The molecule has 3 N–H and O–H groups in total. The SMILES string of the molecule is Cc1cccnc1C(NC(=O)C(C)C(C)N)C(C)C. The predicted octanol–water partition coefficient (Wildman–Crippen LogP) is 2.19. The van der Waals surface area contributed by atoms with Crippen molar-refractivity contribution in [2.24, 2.45) is 17.6 Å². The van der Waals surface area contributed by atoms with E-state index in [-0.39, 0.29) is 29.8 Å². The molecule has 0 radical (unpaired) electrons. The van der Waals surface area contributed by atoms with E-state index in [0.29, 0.717) is 0 Å². The van der Waals surface area contributed by atoms with Gasteiger partial charge in [-0.2, -0.15) is 0 Å². The summed E-state index contributed by atoms with van der Waals surface area (Å²) in [4.78, 5) is 16.6. The molecular weight excluding hydrogens is 238 g/mol. The molecule has 0 fully saturated rings. The normalized spacial score (nSPS) is 15.9. The van der Waals surface area contributed by atoms with Crippen molar-refractivity contribution in [3.05, 3.63) is 29.6 Å². The molecule has 0 aliphatic carbocycles. The number of nitrogens with zero attached hydrogens (tertiary/aromatic N) is 1. The summed E-state index contributed by atoms with van der Waals surface area (Å²) < 4.78 is 0. The minimum Gasteiger partial charge on any atom is -0.347 e. The molecule has 4 heteroatoms. The Morgan fingerprint density at radius 2 is 1.95 bits per heavy atom. The summed E-state index contributed by atoms with van der Waals surface area (Å²) in [5, 5.41) is 3.07. The third kappa shape index (κ3) is 4.03. The van der Waals surface area contributed by atoms with Crippen molar-refractivity contribution in [3.63, 3.8) is 0 Å². The van der Waals surface area contributed by atoms with Crippen molar-refractivity contribution in [2.45, 2.75) is 46.7 Å². The summed E-state index contributed by atoms with van der Waals surface area (Å²) >= 11 is 0. The minimum absolute atomic E-state index is 0.0150. The van der Waals surface area contributed by atoms with Gasteiger partial charge in [0.2, 0.25) is 5.91 Å². The summed E-state index contributed by atoms with van der Waals surface area (Å²) in [5.41, 5.74) is 7.81. The highest BCUT2D eigenvalue weighted by molar-refractivity contribution is 5.79. The van der Waals surface area contributed by atoms with Crippen LogP contribution < -0.4 is 11.1 Å². The zero-order valence-electron chi connectivity index (χ0n) is 12.5. The Morgan fingerprint density at radius 3 is 2.42 bits per heavy atom. The van der Waals surface area contributed by atoms with E-state index in [1.807, 2.05) is 32.9 Å².